The highest BCUT2D eigenvalue weighted by Crippen LogP contribution is 2.22. The topological polar surface area (TPSA) is 54.4 Å². The summed E-state index contributed by atoms with van der Waals surface area (Å²) in [6.45, 7) is 5.52. The van der Waals surface area contributed by atoms with Crippen molar-refractivity contribution in [1.82, 2.24) is 0 Å². The quantitative estimate of drug-likeness (QED) is 0.712. The summed E-state index contributed by atoms with van der Waals surface area (Å²) in [5, 5.41) is 8.35. The summed E-state index contributed by atoms with van der Waals surface area (Å²) < 4.78 is 0. The number of carboxylic acids is 1. The highest BCUT2D eigenvalue weighted by atomic mass is 32.2. The molecule has 1 N–H and O–H groups in total. The molecule has 14 heavy (non-hydrogen) atoms. The zero-order chi connectivity index (χ0) is 11.2. The van der Waals surface area contributed by atoms with Crippen molar-refractivity contribution in [3.63, 3.8) is 0 Å². The van der Waals surface area contributed by atoms with Crippen molar-refractivity contribution in [2.45, 2.75) is 27.2 Å². The van der Waals surface area contributed by atoms with Crippen molar-refractivity contribution in [1.29, 1.82) is 0 Å². The molecule has 0 amide bonds. The third-order valence-corrected chi connectivity index (χ3v) is 2.42. The van der Waals surface area contributed by atoms with E-state index in [9.17, 15) is 9.59 Å². The summed E-state index contributed by atoms with van der Waals surface area (Å²) in [6, 6.07) is 0. The van der Waals surface area contributed by atoms with Gasteiger partial charge in [0.15, 0.2) is 5.12 Å². The van der Waals surface area contributed by atoms with Crippen LogP contribution in [-0.2, 0) is 9.59 Å². The number of aliphatic carboxylic acids is 1. The van der Waals surface area contributed by atoms with Gasteiger partial charge in [-0.3, -0.25) is 9.59 Å². The van der Waals surface area contributed by atoms with E-state index in [0.29, 0.717) is 5.75 Å². The number of thioether (sulfide) groups is 1. The smallest absolute Gasteiger partial charge is 0.315 e. The van der Waals surface area contributed by atoms with Crippen molar-refractivity contribution in [3.05, 3.63) is 0 Å². The number of rotatable bonds is 2. The summed E-state index contributed by atoms with van der Waals surface area (Å²) in [4.78, 5) is 21.4. The molecule has 0 rings (SSSR count). The van der Waals surface area contributed by atoms with E-state index >= 15 is 0 Å². The van der Waals surface area contributed by atoms with Gasteiger partial charge in [0.1, 0.15) is 6.42 Å². The normalized spacial score (nSPS) is 10.2. The molecule has 0 radical (unpaired) electrons. The lowest BCUT2D eigenvalue weighted by atomic mass is 10.00. The predicted octanol–water partition coefficient (Wildman–Crippen LogP) is 1.77. The van der Waals surface area contributed by atoms with Crippen LogP contribution in [0.25, 0.3) is 0 Å². The minimum atomic E-state index is -0.940. The Morgan fingerprint density at radius 2 is 1.86 bits per heavy atom. The monoisotopic (exact) mass is 214 g/mol. The Labute approximate surface area is 88.3 Å². The lowest BCUT2D eigenvalue weighted by Gasteiger charge is -2.14. The van der Waals surface area contributed by atoms with Crippen LogP contribution in [0.1, 0.15) is 27.2 Å². The van der Waals surface area contributed by atoms with E-state index in [4.69, 9.17) is 5.11 Å². The van der Waals surface area contributed by atoms with Crippen LogP contribution in [0.3, 0.4) is 0 Å². The number of carbonyl (C=O) groups excluding carboxylic acids is 1. The summed E-state index contributed by atoms with van der Waals surface area (Å²) in [5.74, 6) is 4.52. The Kier molecular flexibility index (Phi) is 5.32. The average molecular weight is 214 g/mol. The van der Waals surface area contributed by atoms with Gasteiger partial charge in [0.25, 0.3) is 0 Å². The Morgan fingerprint density at radius 3 is 2.29 bits per heavy atom. The van der Waals surface area contributed by atoms with Crippen LogP contribution in [0.4, 0.5) is 0 Å². The molecule has 0 aliphatic rings. The maximum atomic E-state index is 11.3. The molecule has 0 aliphatic carbocycles. The van der Waals surface area contributed by atoms with Crippen molar-refractivity contribution in [3.8, 4) is 11.8 Å². The number of hydrogen-bond donors (Lipinski definition) is 1. The van der Waals surface area contributed by atoms with Gasteiger partial charge in [0.05, 0.1) is 5.75 Å². The van der Waals surface area contributed by atoms with Crippen LogP contribution in [-0.4, -0.2) is 21.9 Å². The maximum absolute atomic E-state index is 11.3. The molecule has 0 bridgehead atoms. The fourth-order valence-electron chi connectivity index (χ4n) is 0.507. The third-order valence-electron chi connectivity index (χ3n) is 1.25. The molecule has 0 unspecified atom stereocenters. The van der Waals surface area contributed by atoms with Crippen LogP contribution in [0.2, 0.25) is 0 Å². The molecule has 78 valence electrons. The Bertz CT molecular complexity index is 278. The first-order valence-electron chi connectivity index (χ1n) is 4.19. The van der Waals surface area contributed by atoms with Crippen LogP contribution in [0.5, 0.6) is 0 Å². The number of hydrogen-bond acceptors (Lipinski definition) is 3. The van der Waals surface area contributed by atoms with Crippen molar-refractivity contribution >= 4 is 22.8 Å². The molecule has 0 aromatic rings. The van der Waals surface area contributed by atoms with Crippen molar-refractivity contribution in [2.24, 2.45) is 5.41 Å². The molecular formula is C10H14O3S. The van der Waals surface area contributed by atoms with Crippen LogP contribution in [0.15, 0.2) is 0 Å². The maximum Gasteiger partial charge on any atom is 0.315 e. The molecule has 0 saturated heterocycles. The molecule has 4 heteroatoms. The Balaban J connectivity index is 3.79. The first-order valence-corrected chi connectivity index (χ1v) is 5.17. The SMILES string of the molecule is CC(C)(C)C(=O)SCC#CCC(=O)O. The highest BCUT2D eigenvalue weighted by molar-refractivity contribution is 8.13. The lowest BCUT2D eigenvalue weighted by molar-refractivity contribution is -0.135. The van der Waals surface area contributed by atoms with Crippen LogP contribution >= 0.6 is 11.8 Å². The molecule has 0 heterocycles. The zero-order valence-electron chi connectivity index (χ0n) is 8.59. The van der Waals surface area contributed by atoms with E-state index in [-0.39, 0.29) is 17.0 Å². The van der Waals surface area contributed by atoms with Gasteiger partial charge in [-0.25, -0.2) is 0 Å². The zero-order valence-corrected chi connectivity index (χ0v) is 9.40. The molecule has 0 aromatic carbocycles. The molecule has 0 aliphatic heterocycles. The van der Waals surface area contributed by atoms with Crippen LogP contribution in [0, 0.1) is 17.3 Å². The van der Waals surface area contributed by atoms with Gasteiger partial charge in [0, 0.05) is 5.41 Å². The molecule has 0 atom stereocenters. The largest absolute Gasteiger partial charge is 0.481 e. The lowest BCUT2D eigenvalue weighted by Crippen LogP contribution is -2.16. The van der Waals surface area contributed by atoms with E-state index in [1.807, 2.05) is 20.8 Å². The second-order valence-electron chi connectivity index (χ2n) is 3.75. The van der Waals surface area contributed by atoms with E-state index in [0.717, 1.165) is 11.8 Å². The van der Waals surface area contributed by atoms with Crippen molar-refractivity contribution < 1.29 is 14.7 Å². The molecule has 0 saturated carbocycles. The molecule has 0 fully saturated rings. The number of carbonyl (C=O) groups is 2. The molecule has 3 nitrogen and oxygen atoms in total. The van der Waals surface area contributed by atoms with E-state index < -0.39 is 5.97 Å². The van der Waals surface area contributed by atoms with E-state index in [1.54, 1.807) is 0 Å². The fraction of sp³-hybridized carbons (Fsp3) is 0.600. The van der Waals surface area contributed by atoms with Gasteiger partial charge in [-0.1, -0.05) is 44.4 Å². The van der Waals surface area contributed by atoms with Gasteiger partial charge in [-0.2, -0.15) is 0 Å². The van der Waals surface area contributed by atoms with E-state index in [1.165, 1.54) is 0 Å². The van der Waals surface area contributed by atoms with Gasteiger partial charge in [-0.15, -0.1) is 0 Å². The average Bonchev–Trinajstić information content (AvgIpc) is 2.01. The first-order chi connectivity index (χ1) is 6.34. The Morgan fingerprint density at radius 1 is 1.29 bits per heavy atom. The minimum absolute atomic E-state index is 0.0714. The highest BCUT2D eigenvalue weighted by Gasteiger charge is 2.20. The van der Waals surface area contributed by atoms with E-state index in [2.05, 4.69) is 11.8 Å². The summed E-state index contributed by atoms with van der Waals surface area (Å²) in [7, 11) is 0. The standard InChI is InChI=1S/C10H14O3S/c1-10(2,3)9(13)14-7-5-4-6-8(11)12/h6-7H2,1-3H3,(H,11,12). The van der Waals surface area contributed by atoms with Crippen molar-refractivity contribution in [2.75, 3.05) is 5.75 Å². The first kappa shape index (κ1) is 13.1. The predicted molar refractivity (Wildman–Crippen MR) is 56.9 cm³/mol. The van der Waals surface area contributed by atoms with Gasteiger partial charge < -0.3 is 5.11 Å². The second-order valence-corrected chi connectivity index (χ2v) is 4.70. The van der Waals surface area contributed by atoms with Gasteiger partial charge in [-0.05, 0) is 0 Å². The minimum Gasteiger partial charge on any atom is -0.481 e. The summed E-state index contributed by atoms with van der Waals surface area (Å²) in [6.07, 6.45) is -0.162. The van der Waals surface area contributed by atoms with Gasteiger partial charge in [0.2, 0.25) is 0 Å². The fourth-order valence-corrected chi connectivity index (χ4v) is 1.25. The second kappa shape index (κ2) is 5.71. The summed E-state index contributed by atoms with van der Waals surface area (Å²) >= 11 is 1.13. The van der Waals surface area contributed by atoms with Gasteiger partial charge >= 0.3 is 5.97 Å². The molecule has 0 spiro atoms. The molecule has 0 aromatic heterocycles. The number of carboxylic acid groups (broad SMARTS) is 1. The van der Waals surface area contributed by atoms with Crippen LogP contribution < -0.4 is 0 Å². The Hall–Kier alpha value is -0.950. The third kappa shape index (κ3) is 6.55. The summed E-state index contributed by atoms with van der Waals surface area (Å²) in [5.41, 5.74) is -0.362. The molecular weight excluding hydrogens is 200 g/mol.